The minimum atomic E-state index is 0.156. The first-order valence-corrected chi connectivity index (χ1v) is 5.59. The molecule has 0 atom stereocenters. The first-order chi connectivity index (χ1) is 7.54. The zero-order valence-corrected chi connectivity index (χ0v) is 9.73. The Morgan fingerprint density at radius 2 is 2.12 bits per heavy atom. The van der Waals surface area contributed by atoms with Gasteiger partial charge < -0.3 is 10.0 Å². The molecule has 1 aliphatic rings. The van der Waals surface area contributed by atoms with Crippen LogP contribution < -0.4 is 0 Å². The first kappa shape index (κ1) is 11.0. The number of likely N-dealkylation sites (tertiary alicyclic amines) is 1. The molecule has 0 radical (unpaired) electrons. The molecule has 2 rings (SSSR count). The number of benzene rings is 1. The fourth-order valence-corrected chi connectivity index (χ4v) is 2.25. The molecule has 3 nitrogen and oxygen atoms in total. The predicted octanol–water partition coefficient (Wildman–Crippen LogP) is 1.72. The number of carbonyl (C=O) groups is 1. The van der Waals surface area contributed by atoms with E-state index < -0.39 is 0 Å². The number of aryl methyl sites for hydroxylation is 1. The summed E-state index contributed by atoms with van der Waals surface area (Å²) in [6.07, 6.45) is 0.943. The number of amides is 1. The highest BCUT2D eigenvalue weighted by molar-refractivity contribution is 5.74. The summed E-state index contributed by atoms with van der Waals surface area (Å²) in [6.45, 7) is 5.29. The van der Waals surface area contributed by atoms with Gasteiger partial charge >= 0.3 is 0 Å². The summed E-state index contributed by atoms with van der Waals surface area (Å²) in [6, 6.07) is 5.66. The van der Waals surface area contributed by atoms with Crippen LogP contribution in [0, 0.1) is 12.8 Å². The lowest BCUT2D eigenvalue weighted by atomic mass is 9.91. The van der Waals surface area contributed by atoms with E-state index in [2.05, 4.69) is 6.07 Å². The van der Waals surface area contributed by atoms with E-state index in [9.17, 15) is 9.90 Å². The Balaban J connectivity index is 1.94. The third-order valence-corrected chi connectivity index (χ3v) is 3.05. The molecule has 86 valence electrons. The van der Waals surface area contributed by atoms with Gasteiger partial charge in [-0.3, -0.25) is 4.79 Å². The summed E-state index contributed by atoms with van der Waals surface area (Å²) in [5, 5.41) is 9.47. The van der Waals surface area contributed by atoms with Crippen molar-refractivity contribution in [1.82, 2.24) is 4.90 Å². The minimum Gasteiger partial charge on any atom is -0.508 e. The fraction of sp³-hybridized carbons (Fsp3) is 0.462. The van der Waals surface area contributed by atoms with Crippen LogP contribution in [0.15, 0.2) is 18.2 Å². The van der Waals surface area contributed by atoms with Crippen LogP contribution in [0.5, 0.6) is 5.75 Å². The maximum absolute atomic E-state index is 11.0. The number of phenols is 1. The van der Waals surface area contributed by atoms with Gasteiger partial charge in [0.15, 0.2) is 0 Å². The number of hydrogen-bond donors (Lipinski definition) is 1. The summed E-state index contributed by atoms with van der Waals surface area (Å²) in [7, 11) is 0. The molecule has 1 saturated heterocycles. The van der Waals surface area contributed by atoms with E-state index in [1.165, 1.54) is 0 Å². The molecular weight excluding hydrogens is 202 g/mol. The van der Waals surface area contributed by atoms with Crippen molar-refractivity contribution in [2.75, 3.05) is 13.1 Å². The number of carbonyl (C=O) groups excluding carboxylic acids is 1. The molecule has 1 fully saturated rings. The summed E-state index contributed by atoms with van der Waals surface area (Å²) in [4.78, 5) is 12.9. The molecule has 0 aliphatic carbocycles. The lowest BCUT2D eigenvalue weighted by molar-refractivity contribution is -0.134. The van der Waals surface area contributed by atoms with Crippen LogP contribution in [0.1, 0.15) is 18.1 Å². The summed E-state index contributed by atoms with van der Waals surface area (Å²) in [5.41, 5.74) is 2.24. The predicted molar refractivity (Wildman–Crippen MR) is 62.3 cm³/mol. The highest BCUT2D eigenvalue weighted by Crippen LogP contribution is 2.23. The molecule has 0 saturated carbocycles. The van der Waals surface area contributed by atoms with Gasteiger partial charge in [0.1, 0.15) is 5.75 Å². The molecule has 1 N–H and O–H groups in total. The number of aromatic hydroxyl groups is 1. The van der Waals surface area contributed by atoms with Crippen LogP contribution in [0.2, 0.25) is 0 Å². The molecule has 1 heterocycles. The van der Waals surface area contributed by atoms with Crippen molar-refractivity contribution in [2.24, 2.45) is 5.92 Å². The van der Waals surface area contributed by atoms with Gasteiger partial charge in [0.05, 0.1) is 0 Å². The van der Waals surface area contributed by atoms with Crippen molar-refractivity contribution in [3.63, 3.8) is 0 Å². The highest BCUT2D eigenvalue weighted by atomic mass is 16.3. The van der Waals surface area contributed by atoms with Crippen LogP contribution >= 0.6 is 0 Å². The molecule has 1 aromatic rings. The average Bonchev–Trinajstić information content (AvgIpc) is 2.08. The molecule has 1 amide bonds. The highest BCUT2D eigenvalue weighted by Gasteiger charge is 2.28. The van der Waals surface area contributed by atoms with Crippen LogP contribution in [0.25, 0.3) is 0 Å². The van der Waals surface area contributed by atoms with Crippen LogP contribution in [-0.2, 0) is 11.2 Å². The Labute approximate surface area is 95.7 Å². The van der Waals surface area contributed by atoms with Gasteiger partial charge in [0.25, 0.3) is 0 Å². The second-order valence-electron chi connectivity index (χ2n) is 4.67. The zero-order valence-electron chi connectivity index (χ0n) is 9.73. The van der Waals surface area contributed by atoms with Gasteiger partial charge in [-0.25, -0.2) is 0 Å². The number of rotatable bonds is 2. The lowest BCUT2D eigenvalue weighted by Crippen LogP contribution is -2.49. The summed E-state index contributed by atoms with van der Waals surface area (Å²) in [5.74, 6) is 1.03. The number of hydrogen-bond acceptors (Lipinski definition) is 2. The van der Waals surface area contributed by atoms with E-state index in [-0.39, 0.29) is 5.91 Å². The topological polar surface area (TPSA) is 40.5 Å². The maximum atomic E-state index is 11.0. The third-order valence-electron chi connectivity index (χ3n) is 3.05. The van der Waals surface area contributed by atoms with Crippen LogP contribution in [0.3, 0.4) is 0 Å². The van der Waals surface area contributed by atoms with Crippen molar-refractivity contribution in [2.45, 2.75) is 20.3 Å². The molecule has 3 heteroatoms. The molecule has 0 spiro atoms. The minimum absolute atomic E-state index is 0.156. The van der Waals surface area contributed by atoms with Gasteiger partial charge in [-0.15, -0.1) is 0 Å². The standard InChI is InChI=1S/C13H17NO2/c1-9-3-11(6-13(16)4-9)5-12-7-14(8-12)10(2)15/h3-4,6,12,16H,5,7-8H2,1-2H3. The Kier molecular flexibility index (Phi) is 2.86. The van der Waals surface area contributed by atoms with E-state index in [0.29, 0.717) is 11.7 Å². The molecule has 0 bridgehead atoms. The first-order valence-electron chi connectivity index (χ1n) is 5.59. The van der Waals surface area contributed by atoms with Crippen molar-refractivity contribution in [3.8, 4) is 5.75 Å². The smallest absolute Gasteiger partial charge is 0.219 e. The van der Waals surface area contributed by atoms with Crippen LogP contribution in [0.4, 0.5) is 0 Å². The van der Waals surface area contributed by atoms with Crippen molar-refractivity contribution in [3.05, 3.63) is 29.3 Å². The van der Waals surface area contributed by atoms with Gasteiger partial charge in [-0.1, -0.05) is 6.07 Å². The van der Waals surface area contributed by atoms with Crippen molar-refractivity contribution < 1.29 is 9.90 Å². The SMILES string of the molecule is CC(=O)N1CC(Cc2cc(C)cc(O)c2)C1. The normalized spacial score (nSPS) is 16.0. The van der Waals surface area contributed by atoms with Gasteiger partial charge in [0.2, 0.25) is 5.91 Å². The second kappa shape index (κ2) is 4.16. The molecule has 1 aromatic carbocycles. The Bertz CT molecular complexity index is 388. The fourth-order valence-electron chi connectivity index (χ4n) is 2.25. The Hall–Kier alpha value is -1.51. The van der Waals surface area contributed by atoms with E-state index in [1.54, 1.807) is 13.0 Å². The van der Waals surface area contributed by atoms with E-state index >= 15 is 0 Å². The average molecular weight is 219 g/mol. The van der Waals surface area contributed by atoms with Gasteiger partial charge in [0, 0.05) is 20.0 Å². The number of phenolic OH excluding ortho intramolecular Hbond substituents is 1. The molecule has 0 unspecified atom stereocenters. The van der Waals surface area contributed by atoms with E-state index in [0.717, 1.165) is 30.6 Å². The maximum Gasteiger partial charge on any atom is 0.219 e. The largest absolute Gasteiger partial charge is 0.508 e. The summed E-state index contributed by atoms with van der Waals surface area (Å²) < 4.78 is 0. The molecule has 0 aromatic heterocycles. The monoisotopic (exact) mass is 219 g/mol. The zero-order chi connectivity index (χ0) is 11.7. The molecular formula is C13H17NO2. The van der Waals surface area contributed by atoms with Crippen molar-refractivity contribution >= 4 is 5.91 Å². The Morgan fingerprint density at radius 3 is 2.69 bits per heavy atom. The van der Waals surface area contributed by atoms with Gasteiger partial charge in [-0.05, 0) is 42.5 Å². The molecule has 16 heavy (non-hydrogen) atoms. The van der Waals surface area contributed by atoms with Crippen LogP contribution in [-0.4, -0.2) is 29.0 Å². The third kappa shape index (κ3) is 2.35. The Morgan fingerprint density at radius 1 is 1.44 bits per heavy atom. The molecule has 1 aliphatic heterocycles. The quantitative estimate of drug-likeness (QED) is 0.822. The van der Waals surface area contributed by atoms with E-state index in [4.69, 9.17) is 0 Å². The second-order valence-corrected chi connectivity index (χ2v) is 4.67. The van der Waals surface area contributed by atoms with Crippen molar-refractivity contribution in [1.29, 1.82) is 0 Å². The van der Waals surface area contributed by atoms with E-state index in [1.807, 2.05) is 17.9 Å². The van der Waals surface area contributed by atoms with Gasteiger partial charge in [-0.2, -0.15) is 0 Å². The lowest BCUT2D eigenvalue weighted by Gasteiger charge is -2.38. The summed E-state index contributed by atoms with van der Waals surface area (Å²) >= 11 is 0. The number of nitrogens with zero attached hydrogens (tertiary/aromatic N) is 1.